The van der Waals surface area contributed by atoms with Crippen molar-refractivity contribution in [2.45, 2.75) is 32.7 Å². The Morgan fingerprint density at radius 3 is 2.62 bits per heavy atom. The number of aromatic amines is 1. The third kappa shape index (κ3) is 6.12. The van der Waals surface area contributed by atoms with Crippen molar-refractivity contribution in [2.75, 3.05) is 31.2 Å². The summed E-state index contributed by atoms with van der Waals surface area (Å²) in [6.07, 6.45) is 0.719. The minimum atomic E-state index is -0.409. The van der Waals surface area contributed by atoms with Gasteiger partial charge in [-0.1, -0.05) is 26.0 Å². The van der Waals surface area contributed by atoms with Crippen LogP contribution in [0, 0.1) is 11.7 Å². The third-order valence-electron chi connectivity index (χ3n) is 4.71. The average Bonchev–Trinajstić information content (AvgIpc) is 2.68. The summed E-state index contributed by atoms with van der Waals surface area (Å²) in [5.74, 6) is 0.286. The second-order valence-electron chi connectivity index (χ2n) is 7.63. The van der Waals surface area contributed by atoms with E-state index in [-0.39, 0.29) is 23.2 Å². The zero-order valence-electron chi connectivity index (χ0n) is 16.8. The molecule has 1 aromatic carbocycles. The van der Waals surface area contributed by atoms with Crippen LogP contribution in [0.2, 0.25) is 0 Å². The van der Waals surface area contributed by atoms with Crippen molar-refractivity contribution in [1.29, 1.82) is 0 Å². The molecule has 1 atom stereocenters. The van der Waals surface area contributed by atoms with E-state index >= 15 is 0 Å². The molecule has 0 aliphatic carbocycles. The summed E-state index contributed by atoms with van der Waals surface area (Å²) in [5, 5.41) is 3.00. The molecule has 2 N–H and O–H groups in total. The van der Waals surface area contributed by atoms with Gasteiger partial charge >= 0.3 is 0 Å². The standard InChI is InChI=1S/C21H27FN4O3/c1-14(2)11-19(27)24-18(15-3-5-16(22)6-4-15)12-17-13-20(28)25-21(23-17)26-7-9-29-10-8-26/h3-6,13-14,18H,7-12H2,1-2H3,(H,24,27)(H,23,25,28)/t18-/m0/s1. The molecule has 8 heteroatoms. The maximum absolute atomic E-state index is 13.4. The molecular weight excluding hydrogens is 375 g/mol. The van der Waals surface area contributed by atoms with Crippen LogP contribution in [0.15, 0.2) is 35.1 Å². The number of nitrogens with one attached hydrogen (secondary N) is 2. The van der Waals surface area contributed by atoms with Gasteiger partial charge in [-0.15, -0.1) is 0 Å². The number of amides is 1. The smallest absolute Gasteiger partial charge is 0.252 e. The lowest BCUT2D eigenvalue weighted by Crippen LogP contribution is -2.38. The fraction of sp³-hybridized carbons (Fsp3) is 0.476. The Morgan fingerprint density at radius 2 is 1.97 bits per heavy atom. The number of anilines is 1. The van der Waals surface area contributed by atoms with Crippen LogP contribution in [0.5, 0.6) is 0 Å². The van der Waals surface area contributed by atoms with Crippen LogP contribution in [-0.4, -0.2) is 42.2 Å². The van der Waals surface area contributed by atoms with E-state index in [0.717, 1.165) is 5.56 Å². The lowest BCUT2D eigenvalue weighted by atomic mass is 10.0. The van der Waals surface area contributed by atoms with Crippen LogP contribution in [0.4, 0.5) is 10.3 Å². The molecule has 2 heterocycles. The summed E-state index contributed by atoms with van der Waals surface area (Å²) in [5.41, 5.74) is 1.08. The number of benzene rings is 1. The molecular formula is C21H27FN4O3. The number of morpholine rings is 1. The van der Waals surface area contributed by atoms with Crippen molar-refractivity contribution in [3.63, 3.8) is 0 Å². The molecule has 0 spiro atoms. The predicted molar refractivity (Wildman–Crippen MR) is 108 cm³/mol. The first-order chi connectivity index (χ1) is 13.9. The van der Waals surface area contributed by atoms with E-state index < -0.39 is 6.04 Å². The Labute approximate surface area is 169 Å². The highest BCUT2D eigenvalue weighted by Gasteiger charge is 2.19. The molecule has 2 aromatic rings. The van der Waals surface area contributed by atoms with Crippen molar-refractivity contribution in [3.8, 4) is 0 Å². The second-order valence-corrected chi connectivity index (χ2v) is 7.63. The quantitative estimate of drug-likeness (QED) is 0.741. The number of ether oxygens (including phenoxy) is 1. The molecule has 1 saturated heterocycles. The van der Waals surface area contributed by atoms with Gasteiger partial charge in [0.05, 0.1) is 24.9 Å². The van der Waals surface area contributed by atoms with Gasteiger partial charge in [-0.05, 0) is 23.6 Å². The Bertz CT molecular complexity index is 876. The van der Waals surface area contributed by atoms with Gasteiger partial charge in [0.2, 0.25) is 11.9 Å². The molecule has 1 amide bonds. The van der Waals surface area contributed by atoms with Crippen LogP contribution >= 0.6 is 0 Å². The number of carbonyl (C=O) groups is 1. The fourth-order valence-electron chi connectivity index (χ4n) is 3.30. The third-order valence-corrected chi connectivity index (χ3v) is 4.71. The summed E-state index contributed by atoms with van der Waals surface area (Å²) in [4.78, 5) is 33.9. The van der Waals surface area contributed by atoms with Gasteiger partial charge < -0.3 is 15.0 Å². The van der Waals surface area contributed by atoms with Crippen molar-refractivity contribution in [3.05, 3.63) is 57.8 Å². The Hall–Kier alpha value is -2.74. The lowest BCUT2D eigenvalue weighted by molar-refractivity contribution is -0.122. The van der Waals surface area contributed by atoms with Gasteiger partial charge in [-0.2, -0.15) is 0 Å². The zero-order valence-corrected chi connectivity index (χ0v) is 16.8. The highest BCUT2D eigenvalue weighted by molar-refractivity contribution is 5.76. The van der Waals surface area contributed by atoms with Crippen LogP contribution in [0.3, 0.4) is 0 Å². The highest BCUT2D eigenvalue weighted by Crippen LogP contribution is 2.20. The summed E-state index contributed by atoms with van der Waals surface area (Å²) >= 11 is 0. The summed E-state index contributed by atoms with van der Waals surface area (Å²) in [7, 11) is 0. The van der Waals surface area contributed by atoms with Gasteiger partial charge in [0.1, 0.15) is 5.82 Å². The first-order valence-electron chi connectivity index (χ1n) is 9.88. The molecule has 3 rings (SSSR count). The predicted octanol–water partition coefficient (Wildman–Crippen LogP) is 2.19. The lowest BCUT2D eigenvalue weighted by Gasteiger charge is -2.27. The normalized spacial score (nSPS) is 15.4. The molecule has 1 aliphatic heterocycles. The number of nitrogens with zero attached hydrogens (tertiary/aromatic N) is 2. The molecule has 1 fully saturated rings. The van der Waals surface area contributed by atoms with E-state index in [9.17, 15) is 14.0 Å². The molecule has 7 nitrogen and oxygen atoms in total. The van der Waals surface area contributed by atoms with Gasteiger partial charge in [-0.25, -0.2) is 9.37 Å². The van der Waals surface area contributed by atoms with Crippen molar-refractivity contribution >= 4 is 11.9 Å². The number of aromatic nitrogens is 2. The van der Waals surface area contributed by atoms with E-state index in [0.29, 0.717) is 50.8 Å². The molecule has 29 heavy (non-hydrogen) atoms. The molecule has 0 unspecified atom stereocenters. The molecule has 0 radical (unpaired) electrons. The molecule has 1 aromatic heterocycles. The molecule has 0 bridgehead atoms. The van der Waals surface area contributed by atoms with E-state index in [2.05, 4.69) is 15.3 Å². The number of H-pyrrole nitrogens is 1. The summed E-state index contributed by atoms with van der Waals surface area (Å²) in [6, 6.07) is 7.04. The number of hydrogen-bond donors (Lipinski definition) is 2. The Kier molecular flexibility index (Phi) is 6.98. The summed E-state index contributed by atoms with van der Waals surface area (Å²) in [6.45, 7) is 6.41. The van der Waals surface area contributed by atoms with E-state index in [4.69, 9.17) is 4.74 Å². The van der Waals surface area contributed by atoms with Crippen LogP contribution in [-0.2, 0) is 16.0 Å². The highest BCUT2D eigenvalue weighted by atomic mass is 19.1. The van der Waals surface area contributed by atoms with E-state index in [1.54, 1.807) is 12.1 Å². The fourth-order valence-corrected chi connectivity index (χ4v) is 3.30. The molecule has 0 saturated carbocycles. The number of halogens is 1. The topological polar surface area (TPSA) is 87.3 Å². The SMILES string of the molecule is CC(C)CC(=O)N[C@@H](Cc1cc(=O)[nH]c(N2CCOCC2)n1)c1ccc(F)cc1. The molecule has 1 aliphatic rings. The Balaban J connectivity index is 1.84. The molecule has 156 valence electrons. The van der Waals surface area contributed by atoms with Gasteiger partial charge in [-0.3, -0.25) is 14.6 Å². The van der Waals surface area contributed by atoms with Crippen molar-refractivity contribution in [1.82, 2.24) is 15.3 Å². The minimum absolute atomic E-state index is 0.0902. The second kappa shape index (κ2) is 9.65. The van der Waals surface area contributed by atoms with Crippen molar-refractivity contribution in [2.24, 2.45) is 5.92 Å². The first-order valence-corrected chi connectivity index (χ1v) is 9.88. The van der Waals surface area contributed by atoms with Gasteiger partial charge in [0.25, 0.3) is 5.56 Å². The Morgan fingerprint density at radius 1 is 1.28 bits per heavy atom. The zero-order chi connectivity index (χ0) is 20.8. The van der Waals surface area contributed by atoms with E-state index in [1.165, 1.54) is 18.2 Å². The number of rotatable bonds is 7. The van der Waals surface area contributed by atoms with E-state index in [1.807, 2.05) is 18.7 Å². The minimum Gasteiger partial charge on any atom is -0.378 e. The van der Waals surface area contributed by atoms with Gasteiger partial charge in [0.15, 0.2) is 0 Å². The maximum Gasteiger partial charge on any atom is 0.252 e. The van der Waals surface area contributed by atoms with Crippen molar-refractivity contribution < 1.29 is 13.9 Å². The monoisotopic (exact) mass is 402 g/mol. The average molecular weight is 402 g/mol. The first kappa shape index (κ1) is 21.0. The number of carbonyl (C=O) groups excluding carboxylic acids is 1. The number of hydrogen-bond acceptors (Lipinski definition) is 5. The largest absolute Gasteiger partial charge is 0.378 e. The summed E-state index contributed by atoms with van der Waals surface area (Å²) < 4.78 is 18.7. The van der Waals surface area contributed by atoms with Gasteiger partial charge in [0, 0.05) is 32.0 Å². The van der Waals surface area contributed by atoms with Crippen LogP contribution in [0.25, 0.3) is 0 Å². The van der Waals surface area contributed by atoms with Crippen LogP contribution in [0.1, 0.15) is 37.6 Å². The van der Waals surface area contributed by atoms with Crippen LogP contribution < -0.4 is 15.8 Å². The maximum atomic E-state index is 13.4.